The van der Waals surface area contributed by atoms with E-state index in [1.165, 1.54) is 22.4 Å². The van der Waals surface area contributed by atoms with E-state index in [1.54, 1.807) is 23.1 Å². The highest BCUT2D eigenvalue weighted by Crippen LogP contribution is 2.37. The molecule has 2 aliphatic rings. The predicted molar refractivity (Wildman–Crippen MR) is 142 cm³/mol. The molecule has 14 heteroatoms. The number of hydrogen-bond donors (Lipinski definition) is 3. The number of alkyl halides is 2. The molecule has 39 heavy (non-hydrogen) atoms. The number of fused-ring (bicyclic) bond motifs is 1. The molecule has 0 radical (unpaired) electrons. The van der Waals surface area contributed by atoms with Crippen LogP contribution in [0.5, 0.6) is 0 Å². The number of anilines is 3. The van der Waals surface area contributed by atoms with E-state index < -0.39 is 22.6 Å². The SMILES string of the molecule is CNC(=O)CCn1c(=O)c(=O)n(CC2(O)CC2)c2ccc(Nc3nc(N4CCC(F)(F)CC4)ncc3Cl)cc21. The van der Waals surface area contributed by atoms with E-state index in [1.807, 2.05) is 0 Å². The fourth-order valence-corrected chi connectivity index (χ4v) is 4.72. The van der Waals surface area contributed by atoms with Gasteiger partial charge in [-0.2, -0.15) is 4.98 Å². The second kappa shape index (κ2) is 10.2. The smallest absolute Gasteiger partial charge is 0.317 e. The molecule has 5 rings (SSSR count). The third-order valence-corrected chi connectivity index (χ3v) is 7.40. The van der Waals surface area contributed by atoms with Gasteiger partial charge in [-0.3, -0.25) is 19.0 Å². The quantitative estimate of drug-likeness (QED) is 0.355. The lowest BCUT2D eigenvalue weighted by Crippen LogP contribution is -2.43. The predicted octanol–water partition coefficient (Wildman–Crippen LogP) is 2.25. The summed E-state index contributed by atoms with van der Waals surface area (Å²) in [5.41, 5.74) is -1.35. The molecule has 1 amide bonds. The molecular weight excluding hydrogens is 536 g/mol. The van der Waals surface area contributed by atoms with Gasteiger partial charge in [-0.1, -0.05) is 11.6 Å². The first-order valence-electron chi connectivity index (χ1n) is 12.6. The van der Waals surface area contributed by atoms with Crippen molar-refractivity contribution in [2.24, 2.45) is 0 Å². The number of benzene rings is 1. The lowest BCUT2D eigenvalue weighted by Gasteiger charge is -2.31. The van der Waals surface area contributed by atoms with Gasteiger partial charge in [-0.25, -0.2) is 13.8 Å². The van der Waals surface area contributed by atoms with Gasteiger partial charge in [-0.05, 0) is 31.0 Å². The van der Waals surface area contributed by atoms with Crippen molar-refractivity contribution in [3.05, 3.63) is 50.1 Å². The monoisotopic (exact) mass is 563 g/mol. The van der Waals surface area contributed by atoms with Crippen LogP contribution in [-0.2, 0) is 17.9 Å². The highest BCUT2D eigenvalue weighted by molar-refractivity contribution is 6.32. The van der Waals surface area contributed by atoms with E-state index in [4.69, 9.17) is 11.6 Å². The molecule has 0 atom stereocenters. The zero-order valence-corrected chi connectivity index (χ0v) is 22.0. The third kappa shape index (κ3) is 5.74. The van der Waals surface area contributed by atoms with Crippen molar-refractivity contribution < 1.29 is 18.7 Å². The summed E-state index contributed by atoms with van der Waals surface area (Å²) in [7, 11) is 1.48. The molecule has 208 valence electrons. The Hall–Kier alpha value is -3.58. The van der Waals surface area contributed by atoms with Crippen LogP contribution < -0.4 is 26.7 Å². The minimum absolute atomic E-state index is 0.0172. The topological polar surface area (TPSA) is 134 Å². The van der Waals surface area contributed by atoms with Crippen LogP contribution >= 0.6 is 11.6 Å². The Labute approximate surface area is 226 Å². The van der Waals surface area contributed by atoms with Crippen molar-refractivity contribution in [3.63, 3.8) is 0 Å². The van der Waals surface area contributed by atoms with E-state index in [0.29, 0.717) is 29.6 Å². The number of aromatic nitrogens is 4. The molecule has 1 saturated carbocycles. The largest absolute Gasteiger partial charge is 0.388 e. The molecular formula is C25H28ClF2N7O4. The number of nitrogens with one attached hydrogen (secondary N) is 2. The summed E-state index contributed by atoms with van der Waals surface area (Å²) in [4.78, 5) is 48.3. The van der Waals surface area contributed by atoms with Gasteiger partial charge in [0.15, 0.2) is 5.82 Å². The van der Waals surface area contributed by atoms with Gasteiger partial charge in [0, 0.05) is 51.6 Å². The van der Waals surface area contributed by atoms with E-state index in [0.717, 1.165) is 0 Å². The van der Waals surface area contributed by atoms with Crippen molar-refractivity contribution in [1.29, 1.82) is 0 Å². The number of rotatable bonds is 8. The van der Waals surface area contributed by atoms with Crippen LogP contribution in [0.4, 0.5) is 26.2 Å². The maximum absolute atomic E-state index is 13.6. The van der Waals surface area contributed by atoms with Crippen molar-refractivity contribution in [2.75, 3.05) is 30.4 Å². The molecule has 1 aromatic carbocycles. The Morgan fingerprint density at radius 3 is 2.46 bits per heavy atom. The van der Waals surface area contributed by atoms with E-state index >= 15 is 0 Å². The maximum atomic E-state index is 13.6. The molecule has 3 heterocycles. The second-order valence-corrected chi connectivity index (χ2v) is 10.4. The average Bonchev–Trinajstić information content (AvgIpc) is 3.64. The molecule has 2 aromatic heterocycles. The van der Waals surface area contributed by atoms with Crippen LogP contribution in [0.25, 0.3) is 11.0 Å². The molecule has 0 spiro atoms. The minimum Gasteiger partial charge on any atom is -0.388 e. The Balaban J connectivity index is 1.52. The highest BCUT2D eigenvalue weighted by atomic mass is 35.5. The van der Waals surface area contributed by atoms with Gasteiger partial charge in [0.1, 0.15) is 5.02 Å². The number of amides is 1. The summed E-state index contributed by atoms with van der Waals surface area (Å²) in [5, 5.41) is 16.2. The number of aryl methyl sites for hydroxylation is 1. The molecule has 3 N–H and O–H groups in total. The first-order chi connectivity index (χ1) is 18.5. The molecule has 11 nitrogen and oxygen atoms in total. The van der Waals surface area contributed by atoms with E-state index in [9.17, 15) is 28.3 Å². The Morgan fingerprint density at radius 2 is 1.79 bits per heavy atom. The highest BCUT2D eigenvalue weighted by Gasteiger charge is 2.41. The van der Waals surface area contributed by atoms with Crippen LogP contribution in [0, 0.1) is 0 Å². The molecule has 0 unspecified atom stereocenters. The van der Waals surface area contributed by atoms with Crippen LogP contribution in [0.3, 0.4) is 0 Å². The van der Waals surface area contributed by atoms with Gasteiger partial charge in [0.25, 0.3) is 5.92 Å². The number of piperidine rings is 1. The average molecular weight is 564 g/mol. The first kappa shape index (κ1) is 27.0. The number of carbonyl (C=O) groups excluding carboxylic acids is 1. The Bertz CT molecular complexity index is 1540. The normalized spacial score (nSPS) is 17.7. The van der Waals surface area contributed by atoms with Crippen LogP contribution in [-0.4, -0.2) is 61.8 Å². The lowest BCUT2D eigenvalue weighted by molar-refractivity contribution is -0.120. The summed E-state index contributed by atoms with van der Waals surface area (Å²) in [5.74, 6) is -2.51. The summed E-state index contributed by atoms with van der Waals surface area (Å²) in [6.45, 7) is 0.157. The van der Waals surface area contributed by atoms with Crippen molar-refractivity contribution in [1.82, 2.24) is 24.4 Å². The Kier molecular flexibility index (Phi) is 7.06. The Morgan fingerprint density at radius 1 is 1.10 bits per heavy atom. The van der Waals surface area contributed by atoms with Crippen molar-refractivity contribution in [3.8, 4) is 0 Å². The number of aliphatic hydroxyl groups is 1. The summed E-state index contributed by atoms with van der Waals surface area (Å²) < 4.78 is 29.7. The fourth-order valence-electron chi connectivity index (χ4n) is 4.58. The maximum Gasteiger partial charge on any atom is 0.317 e. The van der Waals surface area contributed by atoms with Crippen LogP contribution in [0.2, 0.25) is 5.02 Å². The molecule has 1 saturated heterocycles. The fraction of sp³-hybridized carbons (Fsp3) is 0.480. The third-order valence-electron chi connectivity index (χ3n) is 7.12. The van der Waals surface area contributed by atoms with Crippen molar-refractivity contribution in [2.45, 2.75) is 56.7 Å². The van der Waals surface area contributed by atoms with Gasteiger partial charge in [0.05, 0.1) is 29.4 Å². The number of nitrogens with zero attached hydrogens (tertiary/aromatic N) is 5. The second-order valence-electron chi connectivity index (χ2n) is 10.0. The standard InChI is InChI=1S/C25H28ClF2N7O4/c1-29-19(36)4-9-34-18-12-15(2-3-17(18)35(22(38)21(34)37)14-24(39)5-6-24)31-20-16(26)13-30-23(32-20)33-10-7-25(27,28)8-11-33/h2-3,12-13,39H,4-11,14H2,1H3,(H,29,36)(H,30,31,32). The lowest BCUT2D eigenvalue weighted by atomic mass is 10.1. The van der Waals surface area contributed by atoms with Crippen LogP contribution in [0.1, 0.15) is 32.1 Å². The van der Waals surface area contributed by atoms with Gasteiger partial charge >= 0.3 is 11.1 Å². The van der Waals surface area contributed by atoms with E-state index in [-0.39, 0.29) is 68.1 Å². The van der Waals surface area contributed by atoms with Gasteiger partial charge in [-0.15, -0.1) is 0 Å². The first-order valence-corrected chi connectivity index (χ1v) is 13.0. The van der Waals surface area contributed by atoms with E-state index in [2.05, 4.69) is 20.6 Å². The minimum atomic E-state index is -2.71. The van der Waals surface area contributed by atoms with Gasteiger partial charge in [0.2, 0.25) is 11.9 Å². The molecule has 3 aromatic rings. The summed E-state index contributed by atoms with van der Waals surface area (Å²) >= 11 is 6.33. The number of halogens is 3. The molecule has 2 fully saturated rings. The van der Waals surface area contributed by atoms with Crippen molar-refractivity contribution >= 4 is 46.0 Å². The summed E-state index contributed by atoms with van der Waals surface area (Å²) in [6.07, 6.45) is 1.83. The zero-order chi connectivity index (χ0) is 27.9. The molecule has 0 bridgehead atoms. The molecule has 1 aliphatic carbocycles. The van der Waals surface area contributed by atoms with Gasteiger partial charge < -0.3 is 25.2 Å². The number of carbonyl (C=O) groups is 1. The zero-order valence-electron chi connectivity index (χ0n) is 21.2. The number of hydrogen-bond acceptors (Lipinski definition) is 8. The van der Waals surface area contributed by atoms with Crippen LogP contribution in [0.15, 0.2) is 34.0 Å². The summed E-state index contributed by atoms with van der Waals surface area (Å²) in [6, 6.07) is 4.94. The molecule has 1 aliphatic heterocycles.